The van der Waals surface area contributed by atoms with Gasteiger partial charge in [-0.25, -0.2) is 13.9 Å². The Hall–Kier alpha value is -4.48. The number of benzene rings is 1. The molecule has 1 aromatic carbocycles. The Kier molecular flexibility index (Phi) is 5.77. The maximum absolute atomic E-state index is 14.4. The summed E-state index contributed by atoms with van der Waals surface area (Å²) in [4.78, 5) is 28.9. The van der Waals surface area contributed by atoms with Crippen LogP contribution >= 0.6 is 0 Å². The van der Waals surface area contributed by atoms with E-state index in [2.05, 4.69) is 25.8 Å². The molecule has 180 valence electrons. The normalized spacial score (nSPS) is 13.0. The number of aryl methyl sites for hydroxylation is 1. The first-order valence-electron chi connectivity index (χ1n) is 11.0. The predicted octanol–water partition coefficient (Wildman–Crippen LogP) is 3.39. The highest BCUT2D eigenvalue weighted by molar-refractivity contribution is 6.03. The van der Waals surface area contributed by atoms with Crippen LogP contribution < -0.4 is 20.1 Å². The number of anilines is 2. The van der Waals surface area contributed by atoms with E-state index in [9.17, 15) is 14.0 Å². The van der Waals surface area contributed by atoms with Gasteiger partial charge in [0.05, 0.1) is 18.5 Å². The van der Waals surface area contributed by atoms with Crippen LogP contribution in [0.5, 0.6) is 17.5 Å². The number of nitrogens with one attached hydrogen (secondary N) is 2. The van der Waals surface area contributed by atoms with E-state index in [-0.39, 0.29) is 34.8 Å². The smallest absolute Gasteiger partial charge is 0.274 e. The molecule has 0 radical (unpaired) electrons. The summed E-state index contributed by atoms with van der Waals surface area (Å²) in [5.74, 6) is 0.000793. The van der Waals surface area contributed by atoms with Crippen LogP contribution in [0.15, 0.2) is 42.6 Å². The Labute approximate surface area is 198 Å². The SMILES string of the molecule is CCOc1cc(C(=O)Nc2cc(Oc3ccc4nc(NC(=O)C5CC5)cn4n3)ccc2F)n(C)n1. The summed E-state index contributed by atoms with van der Waals surface area (Å²) < 4.78 is 28.3. The molecule has 0 spiro atoms. The summed E-state index contributed by atoms with van der Waals surface area (Å²) in [6, 6.07) is 8.71. The van der Waals surface area contributed by atoms with Crippen molar-refractivity contribution in [3.8, 4) is 17.5 Å². The van der Waals surface area contributed by atoms with Gasteiger partial charge in [0.25, 0.3) is 5.91 Å². The second-order valence-corrected chi connectivity index (χ2v) is 7.99. The number of hydrogen-bond acceptors (Lipinski definition) is 7. The number of halogens is 1. The number of hydrogen-bond donors (Lipinski definition) is 2. The molecule has 11 nitrogen and oxygen atoms in total. The van der Waals surface area contributed by atoms with E-state index >= 15 is 0 Å². The molecule has 3 aromatic heterocycles. The lowest BCUT2D eigenvalue weighted by atomic mass is 10.2. The average Bonchev–Trinajstić information content (AvgIpc) is 3.51. The van der Waals surface area contributed by atoms with Crippen LogP contribution in [-0.2, 0) is 11.8 Å². The molecule has 1 saturated carbocycles. The van der Waals surface area contributed by atoms with E-state index in [1.165, 1.54) is 33.5 Å². The lowest BCUT2D eigenvalue weighted by molar-refractivity contribution is -0.117. The third-order valence-corrected chi connectivity index (χ3v) is 5.29. The average molecular weight is 479 g/mol. The summed E-state index contributed by atoms with van der Waals surface area (Å²) in [7, 11) is 1.59. The van der Waals surface area contributed by atoms with E-state index in [4.69, 9.17) is 9.47 Å². The van der Waals surface area contributed by atoms with Gasteiger partial charge < -0.3 is 20.1 Å². The van der Waals surface area contributed by atoms with Crippen LogP contribution in [0.25, 0.3) is 5.65 Å². The van der Waals surface area contributed by atoms with E-state index in [0.29, 0.717) is 24.0 Å². The summed E-state index contributed by atoms with van der Waals surface area (Å²) in [5.41, 5.74) is 0.662. The number of aromatic nitrogens is 5. The predicted molar refractivity (Wildman–Crippen MR) is 123 cm³/mol. The molecule has 1 aliphatic carbocycles. The van der Waals surface area contributed by atoms with Gasteiger partial charge in [0.2, 0.25) is 17.7 Å². The van der Waals surface area contributed by atoms with Gasteiger partial charge in [0, 0.05) is 31.2 Å². The number of fused-ring (bicyclic) bond motifs is 1. The van der Waals surface area contributed by atoms with Crippen molar-refractivity contribution in [1.29, 1.82) is 0 Å². The lowest BCUT2D eigenvalue weighted by Gasteiger charge is -2.09. The van der Waals surface area contributed by atoms with Gasteiger partial charge in [-0.1, -0.05) is 0 Å². The van der Waals surface area contributed by atoms with Gasteiger partial charge in [-0.2, -0.15) is 0 Å². The van der Waals surface area contributed by atoms with E-state index in [0.717, 1.165) is 12.8 Å². The maximum Gasteiger partial charge on any atom is 0.274 e. The number of amides is 2. The van der Waals surface area contributed by atoms with Crippen LogP contribution in [0.4, 0.5) is 15.9 Å². The minimum Gasteiger partial charge on any atom is -0.477 e. The Morgan fingerprint density at radius 1 is 1.11 bits per heavy atom. The van der Waals surface area contributed by atoms with Crippen LogP contribution in [0, 0.1) is 11.7 Å². The standard InChI is InChI=1S/C23H22FN7O4/c1-3-34-21-11-17(30(2)28-21)23(33)25-16-10-14(6-7-15(16)24)35-20-9-8-19-26-18(12-31(19)29-20)27-22(32)13-4-5-13/h6-13H,3-5H2,1-2H3,(H,25,33)(H,27,32). The third kappa shape index (κ3) is 4.90. The van der Waals surface area contributed by atoms with Gasteiger partial charge in [-0.15, -0.1) is 10.2 Å². The highest BCUT2D eigenvalue weighted by Crippen LogP contribution is 2.30. The molecule has 2 amide bonds. The van der Waals surface area contributed by atoms with Gasteiger partial charge in [0.15, 0.2) is 11.5 Å². The number of carbonyl (C=O) groups excluding carboxylic acids is 2. The monoisotopic (exact) mass is 479 g/mol. The second kappa shape index (κ2) is 9.05. The van der Waals surface area contributed by atoms with Gasteiger partial charge in [-0.3, -0.25) is 14.3 Å². The summed E-state index contributed by atoms with van der Waals surface area (Å²) in [6.07, 6.45) is 3.38. The number of ether oxygens (including phenoxy) is 2. The first kappa shape index (κ1) is 22.3. The maximum atomic E-state index is 14.4. The zero-order valence-electron chi connectivity index (χ0n) is 19.0. The van der Waals surface area contributed by atoms with Crippen LogP contribution in [0.2, 0.25) is 0 Å². The molecule has 1 fully saturated rings. The molecule has 3 heterocycles. The number of nitrogens with zero attached hydrogens (tertiary/aromatic N) is 5. The molecule has 5 rings (SSSR count). The molecule has 0 aliphatic heterocycles. The van der Waals surface area contributed by atoms with Crippen molar-refractivity contribution >= 4 is 29.0 Å². The Morgan fingerprint density at radius 3 is 2.71 bits per heavy atom. The Bertz CT molecular complexity index is 1430. The molecule has 1 aliphatic rings. The van der Waals surface area contributed by atoms with Crippen molar-refractivity contribution in [2.45, 2.75) is 19.8 Å². The molecule has 0 atom stereocenters. The molecule has 0 saturated heterocycles. The minimum absolute atomic E-state index is 0.0500. The van der Waals surface area contributed by atoms with Crippen molar-refractivity contribution in [3.63, 3.8) is 0 Å². The molecule has 4 aromatic rings. The van der Waals surface area contributed by atoms with Crippen molar-refractivity contribution in [1.82, 2.24) is 24.4 Å². The number of rotatable bonds is 8. The molecule has 12 heteroatoms. The minimum atomic E-state index is -0.632. The van der Waals surface area contributed by atoms with Crippen molar-refractivity contribution in [2.75, 3.05) is 17.2 Å². The lowest BCUT2D eigenvalue weighted by Crippen LogP contribution is -2.16. The zero-order valence-corrected chi connectivity index (χ0v) is 19.0. The highest BCUT2D eigenvalue weighted by atomic mass is 19.1. The van der Waals surface area contributed by atoms with Gasteiger partial charge in [-0.05, 0) is 38.0 Å². The summed E-state index contributed by atoms with van der Waals surface area (Å²) in [5, 5.41) is 13.7. The van der Waals surface area contributed by atoms with Crippen LogP contribution in [0.1, 0.15) is 30.3 Å². The number of imidazole rings is 1. The van der Waals surface area contributed by atoms with E-state index < -0.39 is 11.7 Å². The van der Waals surface area contributed by atoms with Crippen molar-refractivity contribution in [3.05, 3.63) is 54.1 Å². The molecular weight excluding hydrogens is 457 g/mol. The van der Waals surface area contributed by atoms with Crippen molar-refractivity contribution < 1.29 is 23.5 Å². The highest BCUT2D eigenvalue weighted by Gasteiger charge is 2.30. The molecule has 0 bridgehead atoms. The fourth-order valence-corrected chi connectivity index (χ4v) is 3.40. The molecular formula is C23H22FN7O4. The largest absolute Gasteiger partial charge is 0.477 e. The second-order valence-electron chi connectivity index (χ2n) is 7.99. The quantitative estimate of drug-likeness (QED) is 0.397. The molecule has 2 N–H and O–H groups in total. The fraction of sp³-hybridized carbons (Fsp3) is 0.261. The topological polar surface area (TPSA) is 125 Å². The van der Waals surface area contributed by atoms with Crippen LogP contribution in [-0.4, -0.2) is 42.8 Å². The van der Waals surface area contributed by atoms with Crippen LogP contribution in [0.3, 0.4) is 0 Å². The fourth-order valence-electron chi connectivity index (χ4n) is 3.40. The molecule has 35 heavy (non-hydrogen) atoms. The van der Waals surface area contributed by atoms with E-state index in [1.54, 1.807) is 32.3 Å². The Morgan fingerprint density at radius 2 is 1.94 bits per heavy atom. The van der Waals surface area contributed by atoms with Crippen molar-refractivity contribution in [2.24, 2.45) is 13.0 Å². The molecule has 0 unspecified atom stereocenters. The van der Waals surface area contributed by atoms with E-state index in [1.807, 2.05) is 0 Å². The van der Waals surface area contributed by atoms with Gasteiger partial charge in [0.1, 0.15) is 17.3 Å². The zero-order chi connectivity index (χ0) is 24.5. The summed E-state index contributed by atoms with van der Waals surface area (Å²) in [6.45, 7) is 2.21. The summed E-state index contributed by atoms with van der Waals surface area (Å²) >= 11 is 0. The first-order valence-corrected chi connectivity index (χ1v) is 11.0. The third-order valence-electron chi connectivity index (χ3n) is 5.29. The Balaban J connectivity index is 1.31. The number of carbonyl (C=O) groups is 2. The first-order chi connectivity index (χ1) is 16.9. The van der Waals surface area contributed by atoms with Gasteiger partial charge >= 0.3 is 0 Å².